The normalized spacial score (nSPS) is 11.4. The van der Waals surface area contributed by atoms with Gasteiger partial charge in [0, 0.05) is 24.5 Å². The molecule has 1 aromatic carbocycles. The van der Waals surface area contributed by atoms with E-state index in [4.69, 9.17) is 5.11 Å². The van der Waals surface area contributed by atoms with E-state index in [0.717, 1.165) is 0 Å². The SMILES string of the molecule is CSCc1cc(C(=O)NCC(C)(C)CCO)ccc1F. The molecule has 0 unspecified atom stereocenters. The summed E-state index contributed by atoms with van der Waals surface area (Å²) in [6, 6.07) is 4.42. The first kappa shape index (κ1) is 17.0. The van der Waals surface area contributed by atoms with Crippen molar-refractivity contribution in [1.82, 2.24) is 5.32 Å². The lowest BCUT2D eigenvalue weighted by molar-refractivity contribution is 0.0928. The van der Waals surface area contributed by atoms with Gasteiger partial charge < -0.3 is 10.4 Å². The van der Waals surface area contributed by atoms with Crippen LogP contribution in [0.4, 0.5) is 4.39 Å². The first-order chi connectivity index (χ1) is 9.39. The number of hydrogen-bond acceptors (Lipinski definition) is 3. The summed E-state index contributed by atoms with van der Waals surface area (Å²) in [5, 5.41) is 11.8. The zero-order valence-corrected chi connectivity index (χ0v) is 13.0. The van der Waals surface area contributed by atoms with E-state index < -0.39 is 0 Å². The second kappa shape index (κ2) is 7.64. The van der Waals surface area contributed by atoms with E-state index in [0.29, 0.717) is 29.8 Å². The number of carbonyl (C=O) groups is 1. The van der Waals surface area contributed by atoms with Gasteiger partial charge in [-0.15, -0.1) is 0 Å². The number of aliphatic hydroxyl groups excluding tert-OH is 1. The largest absolute Gasteiger partial charge is 0.396 e. The molecule has 1 rings (SSSR count). The van der Waals surface area contributed by atoms with E-state index in [1.54, 1.807) is 6.07 Å². The lowest BCUT2D eigenvalue weighted by Crippen LogP contribution is -2.34. The Balaban J connectivity index is 2.70. The van der Waals surface area contributed by atoms with Crippen LogP contribution in [0.15, 0.2) is 18.2 Å². The number of thioether (sulfide) groups is 1. The smallest absolute Gasteiger partial charge is 0.251 e. The van der Waals surface area contributed by atoms with Crippen molar-refractivity contribution in [3.8, 4) is 0 Å². The quantitative estimate of drug-likeness (QED) is 0.814. The summed E-state index contributed by atoms with van der Waals surface area (Å²) in [5.74, 6) is 0.0537. The van der Waals surface area contributed by atoms with Crippen molar-refractivity contribution in [2.24, 2.45) is 5.41 Å². The summed E-state index contributed by atoms with van der Waals surface area (Å²) in [4.78, 5) is 12.1. The van der Waals surface area contributed by atoms with Crippen molar-refractivity contribution in [2.45, 2.75) is 26.0 Å². The molecule has 5 heteroatoms. The monoisotopic (exact) mass is 299 g/mol. The molecule has 0 atom stereocenters. The molecule has 0 aliphatic heterocycles. The van der Waals surface area contributed by atoms with E-state index in [2.05, 4.69) is 5.32 Å². The highest BCUT2D eigenvalue weighted by Gasteiger charge is 2.19. The first-order valence-electron chi connectivity index (χ1n) is 6.56. The number of amides is 1. The molecule has 0 aliphatic carbocycles. The molecule has 0 aliphatic rings. The van der Waals surface area contributed by atoms with Crippen molar-refractivity contribution in [1.29, 1.82) is 0 Å². The predicted molar refractivity (Wildman–Crippen MR) is 81.4 cm³/mol. The van der Waals surface area contributed by atoms with Gasteiger partial charge in [-0.25, -0.2) is 4.39 Å². The van der Waals surface area contributed by atoms with Crippen LogP contribution < -0.4 is 5.32 Å². The molecule has 0 fully saturated rings. The highest BCUT2D eigenvalue weighted by atomic mass is 32.2. The minimum Gasteiger partial charge on any atom is -0.396 e. The number of benzene rings is 1. The Kier molecular flexibility index (Phi) is 6.49. The number of hydrogen-bond donors (Lipinski definition) is 2. The highest BCUT2D eigenvalue weighted by Crippen LogP contribution is 2.19. The minimum absolute atomic E-state index is 0.0945. The average molecular weight is 299 g/mol. The number of nitrogens with one attached hydrogen (secondary N) is 1. The van der Waals surface area contributed by atoms with Crippen molar-refractivity contribution in [3.05, 3.63) is 35.1 Å². The average Bonchev–Trinajstić information content (AvgIpc) is 2.39. The predicted octanol–water partition coefficient (Wildman–Crippen LogP) is 2.83. The third-order valence-electron chi connectivity index (χ3n) is 3.12. The van der Waals surface area contributed by atoms with Gasteiger partial charge in [0.25, 0.3) is 5.91 Å². The maximum Gasteiger partial charge on any atom is 0.251 e. The van der Waals surface area contributed by atoms with Gasteiger partial charge in [-0.3, -0.25) is 4.79 Å². The molecule has 0 radical (unpaired) electrons. The van der Waals surface area contributed by atoms with Gasteiger partial charge in [0.15, 0.2) is 0 Å². The van der Waals surface area contributed by atoms with Crippen molar-refractivity contribution in [3.63, 3.8) is 0 Å². The van der Waals surface area contributed by atoms with Gasteiger partial charge >= 0.3 is 0 Å². The van der Waals surface area contributed by atoms with Gasteiger partial charge in [0.2, 0.25) is 0 Å². The van der Waals surface area contributed by atoms with E-state index in [1.807, 2.05) is 20.1 Å². The third kappa shape index (κ3) is 5.13. The number of aliphatic hydroxyl groups is 1. The Labute approximate surface area is 124 Å². The van der Waals surface area contributed by atoms with Gasteiger partial charge in [0.05, 0.1) is 0 Å². The van der Waals surface area contributed by atoms with E-state index in [1.165, 1.54) is 23.9 Å². The molecule has 1 amide bonds. The summed E-state index contributed by atoms with van der Waals surface area (Å²) >= 11 is 1.51. The van der Waals surface area contributed by atoms with E-state index >= 15 is 0 Å². The third-order valence-corrected chi connectivity index (χ3v) is 3.72. The van der Waals surface area contributed by atoms with Crippen molar-refractivity contribution >= 4 is 17.7 Å². The minimum atomic E-state index is -0.281. The van der Waals surface area contributed by atoms with Crippen LogP contribution in [0.3, 0.4) is 0 Å². The van der Waals surface area contributed by atoms with Crippen LogP contribution in [0.1, 0.15) is 36.2 Å². The van der Waals surface area contributed by atoms with Crippen molar-refractivity contribution < 1.29 is 14.3 Å². The second-order valence-electron chi connectivity index (χ2n) is 5.56. The molecule has 20 heavy (non-hydrogen) atoms. The molecule has 3 nitrogen and oxygen atoms in total. The van der Waals surface area contributed by atoms with E-state index in [-0.39, 0.29) is 23.7 Å². The molecule has 0 heterocycles. The maximum atomic E-state index is 13.5. The Morgan fingerprint density at radius 1 is 1.45 bits per heavy atom. The van der Waals surface area contributed by atoms with Crippen molar-refractivity contribution in [2.75, 3.05) is 19.4 Å². The zero-order chi connectivity index (χ0) is 15.2. The fraction of sp³-hybridized carbons (Fsp3) is 0.533. The molecule has 0 saturated carbocycles. The Morgan fingerprint density at radius 2 is 2.15 bits per heavy atom. The van der Waals surface area contributed by atoms with Crippen LogP contribution in [-0.4, -0.2) is 30.4 Å². The van der Waals surface area contributed by atoms with Crippen LogP contribution in [0, 0.1) is 11.2 Å². The summed E-state index contributed by atoms with van der Waals surface area (Å²) in [7, 11) is 0. The molecule has 0 aromatic heterocycles. The van der Waals surface area contributed by atoms with Gasteiger partial charge in [0.1, 0.15) is 5.82 Å². The standard InChI is InChI=1S/C15H22FNO2S/c1-15(2,6-7-18)10-17-14(19)11-4-5-13(16)12(8-11)9-20-3/h4-5,8,18H,6-7,9-10H2,1-3H3,(H,17,19). The molecule has 1 aromatic rings. The Bertz CT molecular complexity index is 463. The van der Waals surface area contributed by atoms with Crippen LogP contribution in [0.2, 0.25) is 0 Å². The second-order valence-corrected chi connectivity index (χ2v) is 6.43. The summed E-state index contributed by atoms with van der Waals surface area (Å²) in [6.45, 7) is 4.53. The first-order valence-corrected chi connectivity index (χ1v) is 7.95. The maximum absolute atomic E-state index is 13.5. The molecule has 0 saturated heterocycles. The molecule has 0 bridgehead atoms. The molecule has 2 N–H and O–H groups in total. The fourth-order valence-electron chi connectivity index (χ4n) is 1.79. The van der Waals surface area contributed by atoms with Gasteiger partial charge in [-0.1, -0.05) is 13.8 Å². The number of rotatable bonds is 7. The highest BCUT2D eigenvalue weighted by molar-refractivity contribution is 7.97. The summed E-state index contributed by atoms with van der Waals surface area (Å²) in [5.41, 5.74) is 0.849. The van der Waals surface area contributed by atoms with Gasteiger partial charge in [-0.05, 0) is 41.9 Å². The molecule has 112 valence electrons. The zero-order valence-electron chi connectivity index (χ0n) is 12.2. The van der Waals surface area contributed by atoms with E-state index in [9.17, 15) is 9.18 Å². The lowest BCUT2D eigenvalue weighted by atomic mass is 9.89. The van der Waals surface area contributed by atoms with Crippen LogP contribution in [0.25, 0.3) is 0 Å². The van der Waals surface area contributed by atoms with Crippen LogP contribution in [0.5, 0.6) is 0 Å². The van der Waals surface area contributed by atoms with Gasteiger partial charge in [-0.2, -0.15) is 11.8 Å². The number of halogens is 1. The van der Waals surface area contributed by atoms with Crippen LogP contribution >= 0.6 is 11.8 Å². The summed E-state index contributed by atoms with van der Waals surface area (Å²) in [6.07, 6.45) is 2.51. The fourth-order valence-corrected chi connectivity index (χ4v) is 2.33. The lowest BCUT2D eigenvalue weighted by Gasteiger charge is -2.23. The Morgan fingerprint density at radius 3 is 2.75 bits per heavy atom. The Hall–Kier alpha value is -1.07. The molecular formula is C15H22FNO2S. The molecule has 0 spiro atoms. The van der Waals surface area contributed by atoms with Crippen LogP contribution in [-0.2, 0) is 5.75 Å². The molecular weight excluding hydrogens is 277 g/mol. The summed E-state index contributed by atoms with van der Waals surface area (Å²) < 4.78 is 13.5. The topological polar surface area (TPSA) is 49.3 Å². The number of carbonyl (C=O) groups excluding carboxylic acids is 1.